The van der Waals surface area contributed by atoms with Gasteiger partial charge in [-0.25, -0.2) is 9.98 Å². The summed E-state index contributed by atoms with van der Waals surface area (Å²) in [4.78, 5) is 16.4. The Hall–Kier alpha value is -1.94. The summed E-state index contributed by atoms with van der Waals surface area (Å²) in [6, 6.07) is 10.3. The molecule has 2 N–H and O–H groups in total. The molecule has 0 atom stereocenters. The highest BCUT2D eigenvalue weighted by Crippen LogP contribution is 2.24. The van der Waals surface area contributed by atoms with Crippen LogP contribution in [0.4, 0.5) is 5.13 Å². The second kappa shape index (κ2) is 11.5. The van der Waals surface area contributed by atoms with Gasteiger partial charge in [0, 0.05) is 49.6 Å². The topological polar surface area (TPSA) is 65.4 Å². The number of para-hydroxylation sites is 1. The lowest BCUT2D eigenvalue weighted by Crippen LogP contribution is -2.38. The normalized spacial score (nSPS) is 14.0. The summed E-state index contributed by atoms with van der Waals surface area (Å²) < 4.78 is 0. The molecule has 2 aromatic heterocycles. The second-order valence-corrected chi connectivity index (χ2v) is 8.01. The molecule has 0 amide bonds. The van der Waals surface area contributed by atoms with Crippen molar-refractivity contribution in [2.24, 2.45) is 4.99 Å². The maximum absolute atomic E-state index is 4.80. The zero-order valence-corrected chi connectivity index (χ0v) is 20.5. The Morgan fingerprint density at radius 1 is 1.17 bits per heavy atom. The van der Waals surface area contributed by atoms with Crippen LogP contribution in [0.1, 0.15) is 31.0 Å². The Kier molecular flexibility index (Phi) is 8.68. The number of anilines is 1. The summed E-state index contributed by atoms with van der Waals surface area (Å²) in [5.41, 5.74) is 3.35. The first-order chi connectivity index (χ1) is 14.3. The summed E-state index contributed by atoms with van der Waals surface area (Å²) in [5, 5.41) is 11.3. The van der Waals surface area contributed by atoms with Gasteiger partial charge in [-0.15, -0.1) is 35.3 Å². The Labute approximate surface area is 199 Å². The van der Waals surface area contributed by atoms with Gasteiger partial charge in [-0.3, -0.25) is 4.98 Å². The molecular weight excluding hydrogens is 507 g/mol. The fraction of sp³-hybridized carbons (Fsp3) is 0.409. The predicted octanol–water partition coefficient (Wildman–Crippen LogP) is 4.21. The summed E-state index contributed by atoms with van der Waals surface area (Å²) in [6.45, 7) is 6.64. The highest BCUT2D eigenvalue weighted by molar-refractivity contribution is 14.0. The quantitative estimate of drug-likeness (QED) is 0.269. The maximum Gasteiger partial charge on any atom is 0.191 e. The van der Waals surface area contributed by atoms with Crippen LogP contribution in [-0.2, 0) is 13.0 Å². The van der Waals surface area contributed by atoms with Gasteiger partial charge in [0.25, 0.3) is 0 Å². The average Bonchev–Trinajstić information content (AvgIpc) is 3.44. The van der Waals surface area contributed by atoms with Crippen LogP contribution in [-0.4, -0.2) is 42.1 Å². The lowest BCUT2D eigenvalue weighted by molar-refractivity contribution is 0.790. The van der Waals surface area contributed by atoms with E-state index in [1.165, 1.54) is 23.5 Å². The first kappa shape index (κ1) is 22.7. The molecule has 0 radical (unpaired) electrons. The van der Waals surface area contributed by atoms with Crippen molar-refractivity contribution in [1.82, 2.24) is 20.6 Å². The van der Waals surface area contributed by atoms with Crippen LogP contribution < -0.4 is 15.5 Å². The molecule has 0 aliphatic carbocycles. The maximum atomic E-state index is 4.80. The number of fused-ring (bicyclic) bond motifs is 1. The number of hydrogen-bond donors (Lipinski definition) is 2. The van der Waals surface area contributed by atoms with E-state index in [0.29, 0.717) is 6.54 Å². The van der Waals surface area contributed by atoms with Gasteiger partial charge >= 0.3 is 0 Å². The first-order valence-corrected chi connectivity index (χ1v) is 11.3. The highest BCUT2D eigenvalue weighted by Gasteiger charge is 2.15. The van der Waals surface area contributed by atoms with Crippen molar-refractivity contribution in [3.63, 3.8) is 0 Å². The molecule has 1 fully saturated rings. The van der Waals surface area contributed by atoms with Gasteiger partial charge in [0.05, 0.1) is 17.8 Å². The van der Waals surface area contributed by atoms with Crippen molar-refractivity contribution in [3.8, 4) is 0 Å². The lowest BCUT2D eigenvalue weighted by atomic mass is 10.1. The predicted molar refractivity (Wildman–Crippen MR) is 137 cm³/mol. The van der Waals surface area contributed by atoms with Crippen LogP contribution in [0.5, 0.6) is 0 Å². The van der Waals surface area contributed by atoms with E-state index in [1.54, 1.807) is 11.3 Å². The van der Waals surface area contributed by atoms with Gasteiger partial charge in [0.1, 0.15) is 0 Å². The summed E-state index contributed by atoms with van der Waals surface area (Å²) in [5.74, 6) is 0.836. The third-order valence-corrected chi connectivity index (χ3v) is 6.03. The second-order valence-electron chi connectivity index (χ2n) is 7.17. The van der Waals surface area contributed by atoms with Gasteiger partial charge in [0.2, 0.25) is 0 Å². The van der Waals surface area contributed by atoms with E-state index in [0.717, 1.165) is 55.2 Å². The molecule has 0 saturated carbocycles. The summed E-state index contributed by atoms with van der Waals surface area (Å²) in [6.07, 6.45) is 5.32. The first-order valence-electron chi connectivity index (χ1n) is 10.4. The lowest BCUT2D eigenvalue weighted by Gasteiger charge is -2.12. The Bertz CT molecular complexity index is 962. The van der Waals surface area contributed by atoms with E-state index in [-0.39, 0.29) is 24.0 Å². The minimum atomic E-state index is 0. The van der Waals surface area contributed by atoms with Crippen molar-refractivity contribution in [2.75, 3.05) is 31.1 Å². The molecule has 3 aromatic rings. The van der Waals surface area contributed by atoms with Crippen LogP contribution >= 0.6 is 35.3 Å². The zero-order chi connectivity index (χ0) is 19.9. The Balaban J connectivity index is 0.00000256. The largest absolute Gasteiger partial charge is 0.357 e. The Morgan fingerprint density at radius 3 is 2.83 bits per heavy atom. The summed E-state index contributed by atoms with van der Waals surface area (Å²) >= 11 is 1.76. The zero-order valence-electron chi connectivity index (χ0n) is 17.3. The van der Waals surface area contributed by atoms with E-state index >= 15 is 0 Å². The summed E-state index contributed by atoms with van der Waals surface area (Å²) in [7, 11) is 0. The molecular formula is C22H29IN6S. The van der Waals surface area contributed by atoms with Gasteiger partial charge in [-0.05, 0) is 37.5 Å². The number of aromatic nitrogens is 2. The van der Waals surface area contributed by atoms with Gasteiger partial charge < -0.3 is 15.5 Å². The third-order valence-electron chi connectivity index (χ3n) is 5.08. The molecule has 1 saturated heterocycles. The molecule has 8 heteroatoms. The number of benzene rings is 1. The molecule has 0 unspecified atom stereocenters. The Morgan fingerprint density at radius 2 is 2.00 bits per heavy atom. The van der Waals surface area contributed by atoms with Crippen LogP contribution in [0.25, 0.3) is 10.9 Å². The molecule has 0 bridgehead atoms. The van der Waals surface area contributed by atoms with E-state index in [1.807, 2.05) is 30.5 Å². The fourth-order valence-corrected chi connectivity index (χ4v) is 4.49. The molecule has 1 aliphatic rings. The number of aliphatic imine (C=N–C) groups is 1. The van der Waals surface area contributed by atoms with E-state index in [4.69, 9.17) is 9.98 Å². The number of thiazole rings is 1. The van der Waals surface area contributed by atoms with Crippen molar-refractivity contribution < 1.29 is 0 Å². The van der Waals surface area contributed by atoms with Crippen LogP contribution in [0.15, 0.2) is 46.9 Å². The standard InChI is InChI=1S/C22H28N6S.HI/c1-2-23-21(26-15-17-9-11-24-20-8-4-3-7-19(17)20)25-12-10-18-16-29-22(27-18)28-13-5-6-14-28;/h3-4,7-9,11,16H,2,5-6,10,12-15H2,1H3,(H2,23,25,26);1H. The third kappa shape index (κ3) is 5.81. The monoisotopic (exact) mass is 536 g/mol. The van der Waals surface area contributed by atoms with E-state index in [2.05, 4.69) is 38.9 Å². The highest BCUT2D eigenvalue weighted by atomic mass is 127. The number of pyridine rings is 1. The minimum absolute atomic E-state index is 0. The van der Waals surface area contributed by atoms with Crippen LogP contribution in [0.2, 0.25) is 0 Å². The van der Waals surface area contributed by atoms with Crippen molar-refractivity contribution in [1.29, 1.82) is 0 Å². The van der Waals surface area contributed by atoms with Crippen LogP contribution in [0, 0.1) is 0 Å². The fourth-order valence-electron chi connectivity index (χ4n) is 3.57. The average molecular weight is 536 g/mol. The molecule has 30 heavy (non-hydrogen) atoms. The van der Waals surface area contributed by atoms with Gasteiger partial charge in [-0.1, -0.05) is 18.2 Å². The number of guanidine groups is 1. The smallest absolute Gasteiger partial charge is 0.191 e. The SMILES string of the molecule is CCNC(=NCc1ccnc2ccccc12)NCCc1csc(N2CCCC2)n1.I. The number of hydrogen-bond acceptors (Lipinski definition) is 5. The van der Waals surface area contributed by atoms with E-state index < -0.39 is 0 Å². The van der Waals surface area contributed by atoms with Gasteiger partial charge in [0.15, 0.2) is 11.1 Å². The molecule has 4 rings (SSSR count). The van der Waals surface area contributed by atoms with Crippen molar-refractivity contribution >= 4 is 57.3 Å². The molecule has 160 valence electrons. The van der Waals surface area contributed by atoms with Crippen molar-refractivity contribution in [2.45, 2.75) is 32.7 Å². The van der Waals surface area contributed by atoms with Crippen LogP contribution in [0.3, 0.4) is 0 Å². The number of rotatable bonds is 7. The molecule has 6 nitrogen and oxygen atoms in total. The number of nitrogens with one attached hydrogen (secondary N) is 2. The number of nitrogens with zero attached hydrogens (tertiary/aromatic N) is 4. The molecule has 1 aromatic carbocycles. The van der Waals surface area contributed by atoms with Crippen molar-refractivity contribution in [3.05, 3.63) is 53.2 Å². The number of halogens is 1. The molecule has 0 spiro atoms. The molecule has 3 heterocycles. The minimum Gasteiger partial charge on any atom is -0.357 e. The van der Waals surface area contributed by atoms with E-state index in [9.17, 15) is 0 Å². The van der Waals surface area contributed by atoms with Gasteiger partial charge in [-0.2, -0.15) is 0 Å². The molecule has 1 aliphatic heterocycles.